The monoisotopic (exact) mass is 356 g/mol. The molecule has 3 rings (SSSR count). The number of aromatic nitrogens is 2. The van der Waals surface area contributed by atoms with Gasteiger partial charge in [-0.3, -0.25) is 14.2 Å². The number of ether oxygens (including phenoxy) is 1. The molecule has 0 fully saturated rings. The first-order valence-electron chi connectivity index (χ1n) is 7.59. The number of rotatable bonds is 4. The second-order valence-corrected chi connectivity index (χ2v) is 6.69. The minimum atomic E-state index is -0.498. The molecule has 0 bridgehead atoms. The summed E-state index contributed by atoms with van der Waals surface area (Å²) in [7, 11) is 1.29. The smallest absolute Gasteiger partial charge is 0.348 e. The average molecular weight is 356 g/mol. The van der Waals surface area contributed by atoms with Gasteiger partial charge in [0.05, 0.1) is 25.4 Å². The van der Waals surface area contributed by atoms with E-state index in [0.717, 1.165) is 16.9 Å². The van der Waals surface area contributed by atoms with Gasteiger partial charge in [0.1, 0.15) is 9.71 Å². The Kier molecular flexibility index (Phi) is 4.50. The number of fused-ring (bicyclic) bond motifs is 1. The van der Waals surface area contributed by atoms with Crippen LogP contribution in [0.4, 0.5) is 0 Å². The minimum absolute atomic E-state index is 0.103. The first kappa shape index (κ1) is 17.0. The van der Waals surface area contributed by atoms with Gasteiger partial charge in [0.15, 0.2) is 5.78 Å². The fraction of sp³-hybridized carbons (Fsp3) is 0.222. The molecule has 25 heavy (non-hydrogen) atoms. The fourth-order valence-corrected chi connectivity index (χ4v) is 3.60. The molecule has 0 aliphatic rings. The Morgan fingerprint density at radius 1 is 1.20 bits per heavy atom. The highest BCUT2D eigenvalue weighted by atomic mass is 32.1. The van der Waals surface area contributed by atoms with Crippen molar-refractivity contribution in [2.75, 3.05) is 7.11 Å². The first-order chi connectivity index (χ1) is 11.9. The van der Waals surface area contributed by atoms with Crippen molar-refractivity contribution < 1.29 is 14.3 Å². The predicted octanol–water partition coefficient (Wildman–Crippen LogP) is 2.74. The van der Waals surface area contributed by atoms with Crippen LogP contribution < -0.4 is 5.56 Å². The molecule has 1 aromatic carbocycles. The summed E-state index contributed by atoms with van der Waals surface area (Å²) in [5.74, 6) is -0.675. The maximum atomic E-state index is 12.7. The molecule has 0 saturated carbocycles. The molecule has 0 unspecified atom stereocenters. The summed E-state index contributed by atoms with van der Waals surface area (Å²) in [5, 5.41) is 0.351. The van der Waals surface area contributed by atoms with Crippen LogP contribution in [-0.2, 0) is 11.3 Å². The third-order valence-electron chi connectivity index (χ3n) is 3.98. The number of Topliss-reactive ketones (excluding diaryl/α,β-unsaturated/α-hetero) is 1. The van der Waals surface area contributed by atoms with E-state index in [9.17, 15) is 14.4 Å². The zero-order chi connectivity index (χ0) is 18.1. The van der Waals surface area contributed by atoms with Gasteiger partial charge in [0, 0.05) is 5.56 Å². The van der Waals surface area contributed by atoms with Crippen molar-refractivity contribution in [1.29, 1.82) is 0 Å². The number of ketones is 1. The molecular formula is C18H16N2O4S. The van der Waals surface area contributed by atoms with Crippen LogP contribution >= 0.6 is 11.3 Å². The maximum absolute atomic E-state index is 12.7. The Hall–Kier alpha value is -2.80. The maximum Gasteiger partial charge on any atom is 0.348 e. The lowest BCUT2D eigenvalue weighted by Gasteiger charge is -2.05. The van der Waals surface area contributed by atoms with E-state index >= 15 is 0 Å². The molecule has 0 aliphatic heterocycles. The topological polar surface area (TPSA) is 78.3 Å². The number of carbonyl (C=O) groups is 2. The minimum Gasteiger partial charge on any atom is -0.465 e. The molecule has 0 radical (unpaired) electrons. The summed E-state index contributed by atoms with van der Waals surface area (Å²) in [6, 6.07) is 7.17. The normalized spacial score (nSPS) is 10.8. The van der Waals surface area contributed by atoms with Crippen molar-refractivity contribution in [2.45, 2.75) is 20.4 Å². The largest absolute Gasteiger partial charge is 0.465 e. The lowest BCUT2D eigenvalue weighted by molar-refractivity contribution is 0.0605. The predicted molar refractivity (Wildman–Crippen MR) is 95.5 cm³/mol. The van der Waals surface area contributed by atoms with Crippen molar-refractivity contribution >= 4 is 33.3 Å². The fourth-order valence-electron chi connectivity index (χ4n) is 2.54. The van der Waals surface area contributed by atoms with Crippen LogP contribution in [0, 0.1) is 13.8 Å². The quantitative estimate of drug-likeness (QED) is 0.530. The average Bonchev–Trinajstić information content (AvgIpc) is 2.94. The van der Waals surface area contributed by atoms with Crippen LogP contribution in [0.3, 0.4) is 0 Å². The summed E-state index contributed by atoms with van der Waals surface area (Å²) < 4.78 is 6.00. The van der Waals surface area contributed by atoms with E-state index < -0.39 is 5.97 Å². The van der Waals surface area contributed by atoms with Crippen molar-refractivity contribution in [3.05, 3.63) is 62.5 Å². The van der Waals surface area contributed by atoms with Crippen LogP contribution in [0.1, 0.15) is 31.2 Å². The van der Waals surface area contributed by atoms with Gasteiger partial charge in [-0.2, -0.15) is 0 Å². The van der Waals surface area contributed by atoms with Gasteiger partial charge >= 0.3 is 5.97 Å². The molecule has 0 atom stereocenters. The molecule has 7 heteroatoms. The molecule has 0 aliphatic carbocycles. The van der Waals surface area contributed by atoms with Gasteiger partial charge in [0.2, 0.25) is 0 Å². The number of hydrogen-bond donors (Lipinski definition) is 0. The van der Waals surface area contributed by atoms with Crippen LogP contribution in [0.15, 0.2) is 35.4 Å². The third-order valence-corrected chi connectivity index (χ3v) is 5.16. The van der Waals surface area contributed by atoms with E-state index in [4.69, 9.17) is 4.74 Å². The van der Waals surface area contributed by atoms with Crippen molar-refractivity contribution in [3.8, 4) is 0 Å². The van der Waals surface area contributed by atoms with Crippen molar-refractivity contribution in [3.63, 3.8) is 0 Å². The molecule has 3 aromatic rings. The van der Waals surface area contributed by atoms with Gasteiger partial charge < -0.3 is 4.74 Å². The molecule has 0 saturated heterocycles. The van der Waals surface area contributed by atoms with Gasteiger partial charge in [-0.1, -0.05) is 29.8 Å². The van der Waals surface area contributed by atoms with E-state index in [0.29, 0.717) is 26.2 Å². The van der Waals surface area contributed by atoms with E-state index in [1.165, 1.54) is 18.0 Å². The zero-order valence-electron chi connectivity index (χ0n) is 14.0. The Balaban J connectivity index is 2.00. The van der Waals surface area contributed by atoms with E-state index in [1.54, 1.807) is 19.1 Å². The van der Waals surface area contributed by atoms with E-state index in [1.807, 2.05) is 19.1 Å². The molecular weight excluding hydrogens is 340 g/mol. The number of benzene rings is 1. The second kappa shape index (κ2) is 6.60. The molecule has 2 aromatic heterocycles. The number of hydrogen-bond acceptors (Lipinski definition) is 6. The Morgan fingerprint density at radius 2 is 1.88 bits per heavy atom. The summed E-state index contributed by atoms with van der Waals surface area (Å²) in [4.78, 5) is 41.9. The standard InChI is InChI=1S/C18H16N2O4S/c1-10-4-6-12(7-5-10)13(21)8-20-9-19-16-14(17(20)22)11(2)15(25-16)18(23)24-3/h4-7,9H,8H2,1-3H3. The van der Waals surface area contributed by atoms with E-state index in [-0.39, 0.29) is 17.9 Å². The number of methoxy groups -OCH3 is 1. The lowest BCUT2D eigenvalue weighted by Crippen LogP contribution is -2.24. The van der Waals surface area contributed by atoms with Gasteiger partial charge in [-0.05, 0) is 19.4 Å². The third kappa shape index (κ3) is 3.10. The van der Waals surface area contributed by atoms with Crippen molar-refractivity contribution in [2.24, 2.45) is 0 Å². The highest BCUT2D eigenvalue weighted by Crippen LogP contribution is 2.27. The molecule has 2 heterocycles. The van der Waals surface area contributed by atoms with Gasteiger partial charge in [-0.25, -0.2) is 9.78 Å². The summed E-state index contributed by atoms with van der Waals surface area (Å²) in [6.07, 6.45) is 1.34. The first-order valence-corrected chi connectivity index (χ1v) is 8.40. The Labute approximate surface area is 147 Å². The summed E-state index contributed by atoms with van der Waals surface area (Å²) >= 11 is 1.11. The van der Waals surface area contributed by atoms with Crippen molar-refractivity contribution in [1.82, 2.24) is 9.55 Å². The zero-order valence-corrected chi connectivity index (χ0v) is 14.8. The highest BCUT2D eigenvalue weighted by Gasteiger charge is 2.20. The molecule has 0 spiro atoms. The summed E-state index contributed by atoms with van der Waals surface area (Å²) in [6.45, 7) is 3.52. The number of aryl methyl sites for hydroxylation is 2. The molecule has 0 amide bonds. The number of carbonyl (C=O) groups excluding carboxylic acids is 2. The SMILES string of the molecule is COC(=O)c1sc2ncn(CC(=O)c3ccc(C)cc3)c(=O)c2c1C. The van der Waals surface area contributed by atoms with Gasteiger partial charge in [0.25, 0.3) is 5.56 Å². The molecule has 128 valence electrons. The van der Waals surface area contributed by atoms with Crippen LogP contribution in [0.2, 0.25) is 0 Å². The van der Waals surface area contributed by atoms with Gasteiger partial charge in [-0.15, -0.1) is 11.3 Å². The van der Waals surface area contributed by atoms with Crippen LogP contribution in [-0.4, -0.2) is 28.4 Å². The highest BCUT2D eigenvalue weighted by molar-refractivity contribution is 7.20. The Morgan fingerprint density at radius 3 is 2.52 bits per heavy atom. The number of esters is 1. The van der Waals surface area contributed by atoms with E-state index in [2.05, 4.69) is 4.98 Å². The van der Waals surface area contributed by atoms with Crippen LogP contribution in [0.25, 0.3) is 10.2 Å². The number of nitrogens with zero attached hydrogens (tertiary/aromatic N) is 2. The molecule has 6 nitrogen and oxygen atoms in total. The number of thiophene rings is 1. The molecule has 0 N–H and O–H groups in total. The lowest BCUT2D eigenvalue weighted by atomic mass is 10.1. The second-order valence-electron chi connectivity index (χ2n) is 5.69. The Bertz CT molecular complexity index is 1030. The summed E-state index contributed by atoms with van der Waals surface area (Å²) in [5.41, 5.74) is 1.78. The van der Waals surface area contributed by atoms with Crippen LogP contribution in [0.5, 0.6) is 0 Å².